The van der Waals surface area contributed by atoms with E-state index in [4.69, 9.17) is 4.74 Å². The maximum Gasteiger partial charge on any atom is 0.303 e. The quantitative estimate of drug-likeness (QED) is 0.748. The fourth-order valence-corrected chi connectivity index (χ4v) is 3.35. The maximum absolute atomic E-state index is 13.3. The highest BCUT2D eigenvalue weighted by Crippen LogP contribution is 2.41. The molecule has 0 heterocycles. The van der Waals surface area contributed by atoms with Crippen molar-refractivity contribution >= 4 is 16.7 Å². The van der Waals surface area contributed by atoms with E-state index in [2.05, 4.69) is 0 Å². The maximum atomic E-state index is 13.3. The molecule has 21 heavy (non-hydrogen) atoms. The van der Waals surface area contributed by atoms with E-state index in [0.29, 0.717) is 0 Å². The summed E-state index contributed by atoms with van der Waals surface area (Å²) in [7, 11) is 0. The molecule has 2 nitrogen and oxygen atoms in total. The zero-order valence-corrected chi connectivity index (χ0v) is 12.2. The van der Waals surface area contributed by atoms with Crippen LogP contribution in [0.25, 0.3) is 10.8 Å². The topological polar surface area (TPSA) is 26.3 Å². The predicted molar refractivity (Wildman–Crippen MR) is 80.4 cm³/mol. The van der Waals surface area contributed by atoms with Gasteiger partial charge < -0.3 is 4.74 Å². The Labute approximate surface area is 123 Å². The SMILES string of the molecule is CC(=O)OC1(c2ccc3cc(F)ccc3c2)CCCCC1. The number of hydrogen-bond acceptors (Lipinski definition) is 2. The van der Waals surface area contributed by atoms with Gasteiger partial charge in [0.1, 0.15) is 11.4 Å². The first kappa shape index (κ1) is 14.1. The number of ether oxygens (including phenoxy) is 1. The van der Waals surface area contributed by atoms with Gasteiger partial charge in [0.15, 0.2) is 0 Å². The molecule has 3 heteroatoms. The van der Waals surface area contributed by atoms with Crippen molar-refractivity contribution in [1.29, 1.82) is 0 Å². The van der Waals surface area contributed by atoms with Gasteiger partial charge in [0, 0.05) is 6.92 Å². The van der Waals surface area contributed by atoms with Crippen molar-refractivity contribution in [3.8, 4) is 0 Å². The number of hydrogen-bond donors (Lipinski definition) is 0. The third-order valence-corrected chi connectivity index (χ3v) is 4.33. The molecule has 0 bridgehead atoms. The van der Waals surface area contributed by atoms with Crippen LogP contribution in [0, 0.1) is 5.82 Å². The molecule has 1 fully saturated rings. The van der Waals surface area contributed by atoms with Crippen molar-refractivity contribution in [3.63, 3.8) is 0 Å². The first-order valence-corrected chi connectivity index (χ1v) is 7.48. The highest BCUT2D eigenvalue weighted by Gasteiger charge is 2.37. The molecule has 0 amide bonds. The van der Waals surface area contributed by atoms with Gasteiger partial charge in [-0.25, -0.2) is 4.39 Å². The smallest absolute Gasteiger partial charge is 0.303 e. The molecule has 110 valence electrons. The van der Waals surface area contributed by atoms with Gasteiger partial charge in [0.05, 0.1) is 0 Å². The molecule has 0 aromatic heterocycles. The zero-order chi connectivity index (χ0) is 14.9. The molecule has 3 rings (SSSR count). The summed E-state index contributed by atoms with van der Waals surface area (Å²) in [5.41, 5.74) is 0.517. The Morgan fingerprint density at radius 1 is 1.05 bits per heavy atom. The van der Waals surface area contributed by atoms with Gasteiger partial charge in [0.2, 0.25) is 0 Å². The number of rotatable bonds is 2. The van der Waals surface area contributed by atoms with E-state index >= 15 is 0 Å². The second kappa shape index (κ2) is 5.47. The molecule has 0 aliphatic heterocycles. The van der Waals surface area contributed by atoms with Crippen LogP contribution in [0.1, 0.15) is 44.6 Å². The lowest BCUT2D eigenvalue weighted by molar-refractivity contribution is -0.162. The standard InChI is InChI=1S/C18H19FO2/c1-13(20)21-18(9-3-2-4-10-18)16-7-5-15-12-17(19)8-6-14(15)11-16/h5-8,11-12H,2-4,9-10H2,1H3. The minimum absolute atomic E-state index is 0.234. The summed E-state index contributed by atoms with van der Waals surface area (Å²) >= 11 is 0. The molecule has 0 radical (unpaired) electrons. The van der Waals surface area contributed by atoms with Gasteiger partial charge in [-0.2, -0.15) is 0 Å². The van der Waals surface area contributed by atoms with E-state index in [0.717, 1.165) is 42.0 Å². The Balaban J connectivity index is 2.06. The van der Waals surface area contributed by atoms with Crippen molar-refractivity contribution in [1.82, 2.24) is 0 Å². The van der Waals surface area contributed by atoms with Crippen LogP contribution in [0.15, 0.2) is 36.4 Å². The Bertz CT molecular complexity index is 672. The van der Waals surface area contributed by atoms with Gasteiger partial charge >= 0.3 is 5.97 Å². The van der Waals surface area contributed by atoms with Gasteiger partial charge in [-0.05, 0) is 60.2 Å². The number of halogens is 1. The largest absolute Gasteiger partial charge is 0.454 e. The summed E-state index contributed by atoms with van der Waals surface area (Å²) in [5.74, 6) is -0.473. The third-order valence-electron chi connectivity index (χ3n) is 4.33. The first-order chi connectivity index (χ1) is 10.1. The van der Waals surface area contributed by atoms with Crippen LogP contribution < -0.4 is 0 Å². The summed E-state index contributed by atoms with van der Waals surface area (Å²) < 4.78 is 19.0. The molecule has 1 saturated carbocycles. The summed E-state index contributed by atoms with van der Waals surface area (Å²) in [6.45, 7) is 1.47. The lowest BCUT2D eigenvalue weighted by Crippen LogP contribution is -2.34. The van der Waals surface area contributed by atoms with Crippen LogP contribution in [-0.2, 0) is 15.1 Å². The Kier molecular flexibility index (Phi) is 3.66. The molecule has 0 saturated heterocycles. The van der Waals surface area contributed by atoms with Crippen molar-refractivity contribution in [2.75, 3.05) is 0 Å². The second-order valence-corrected chi connectivity index (χ2v) is 5.85. The molecule has 0 N–H and O–H groups in total. The lowest BCUT2D eigenvalue weighted by Gasteiger charge is -2.37. The normalized spacial score (nSPS) is 17.6. The first-order valence-electron chi connectivity index (χ1n) is 7.48. The molecular weight excluding hydrogens is 267 g/mol. The average molecular weight is 286 g/mol. The number of benzene rings is 2. The molecule has 0 unspecified atom stereocenters. The molecule has 1 aliphatic carbocycles. The molecule has 2 aromatic carbocycles. The van der Waals surface area contributed by atoms with Crippen LogP contribution in [0.2, 0.25) is 0 Å². The van der Waals surface area contributed by atoms with Crippen LogP contribution in [0.4, 0.5) is 4.39 Å². The summed E-state index contributed by atoms with van der Waals surface area (Å²) in [6.07, 6.45) is 5.03. The molecule has 2 aromatic rings. The van der Waals surface area contributed by atoms with E-state index in [1.165, 1.54) is 25.5 Å². The van der Waals surface area contributed by atoms with Crippen LogP contribution in [0.3, 0.4) is 0 Å². The summed E-state index contributed by atoms with van der Waals surface area (Å²) in [5, 5.41) is 1.85. The van der Waals surface area contributed by atoms with Crippen LogP contribution in [0.5, 0.6) is 0 Å². The van der Waals surface area contributed by atoms with Crippen LogP contribution in [-0.4, -0.2) is 5.97 Å². The van der Waals surface area contributed by atoms with Gasteiger partial charge in [-0.1, -0.05) is 24.6 Å². The number of carbonyl (C=O) groups excluding carboxylic acids is 1. The highest BCUT2D eigenvalue weighted by molar-refractivity contribution is 5.83. The highest BCUT2D eigenvalue weighted by atomic mass is 19.1. The van der Waals surface area contributed by atoms with Crippen molar-refractivity contribution in [2.24, 2.45) is 0 Å². The number of carbonyl (C=O) groups is 1. The molecule has 0 spiro atoms. The van der Waals surface area contributed by atoms with E-state index in [1.807, 2.05) is 18.2 Å². The fourth-order valence-electron chi connectivity index (χ4n) is 3.35. The molecule has 1 aliphatic rings. The lowest BCUT2D eigenvalue weighted by atomic mass is 9.79. The summed E-state index contributed by atoms with van der Waals surface area (Å²) in [6, 6.07) is 10.7. The Morgan fingerprint density at radius 3 is 2.43 bits per heavy atom. The molecular formula is C18H19FO2. The monoisotopic (exact) mass is 286 g/mol. The number of esters is 1. The van der Waals surface area contributed by atoms with Gasteiger partial charge in [-0.15, -0.1) is 0 Å². The van der Waals surface area contributed by atoms with Gasteiger partial charge in [0.25, 0.3) is 0 Å². The fraction of sp³-hybridized carbons (Fsp3) is 0.389. The third kappa shape index (κ3) is 2.78. The van der Waals surface area contributed by atoms with Crippen LogP contribution >= 0.6 is 0 Å². The second-order valence-electron chi connectivity index (χ2n) is 5.85. The molecule has 0 atom stereocenters. The van der Waals surface area contributed by atoms with Gasteiger partial charge in [-0.3, -0.25) is 4.79 Å². The number of fused-ring (bicyclic) bond motifs is 1. The minimum atomic E-state index is -0.507. The van der Waals surface area contributed by atoms with E-state index < -0.39 is 5.60 Å². The average Bonchev–Trinajstić information content (AvgIpc) is 2.47. The van der Waals surface area contributed by atoms with Crippen molar-refractivity contribution < 1.29 is 13.9 Å². The Morgan fingerprint density at radius 2 is 1.71 bits per heavy atom. The van der Waals surface area contributed by atoms with Crippen molar-refractivity contribution in [3.05, 3.63) is 47.8 Å². The Hall–Kier alpha value is -1.90. The predicted octanol–water partition coefficient (Wildman–Crippen LogP) is 4.70. The zero-order valence-electron chi connectivity index (χ0n) is 12.2. The summed E-state index contributed by atoms with van der Waals surface area (Å²) in [4.78, 5) is 11.5. The van der Waals surface area contributed by atoms with Crippen molar-refractivity contribution in [2.45, 2.75) is 44.6 Å². The van der Waals surface area contributed by atoms with E-state index in [1.54, 1.807) is 6.07 Å². The van der Waals surface area contributed by atoms with E-state index in [9.17, 15) is 9.18 Å². The minimum Gasteiger partial charge on any atom is -0.454 e. The van der Waals surface area contributed by atoms with E-state index in [-0.39, 0.29) is 11.8 Å².